The quantitative estimate of drug-likeness (QED) is 0.366. The summed E-state index contributed by atoms with van der Waals surface area (Å²) in [6.07, 6.45) is 0. The molecule has 1 aliphatic heterocycles. The van der Waals surface area contributed by atoms with Crippen molar-refractivity contribution in [2.24, 2.45) is 0 Å². The average Bonchev–Trinajstić information content (AvgIpc) is 1.64. The van der Waals surface area contributed by atoms with E-state index in [1.54, 1.807) is 0 Å². The lowest BCUT2D eigenvalue weighted by Crippen LogP contribution is -2.39. The second kappa shape index (κ2) is 2.33. The van der Waals surface area contributed by atoms with Crippen molar-refractivity contribution in [2.45, 2.75) is 5.56 Å². The Morgan fingerprint density at radius 2 is 2.62 bits per heavy atom. The summed E-state index contributed by atoms with van der Waals surface area (Å²) in [6, 6.07) is 0. The van der Waals surface area contributed by atoms with Crippen molar-refractivity contribution in [1.82, 2.24) is 5.32 Å². The van der Waals surface area contributed by atoms with Crippen molar-refractivity contribution >= 4 is 17.6 Å². The maximum absolute atomic E-state index is 10.3. The summed E-state index contributed by atoms with van der Waals surface area (Å²) >= 11 is 5.41. The first-order valence-corrected chi connectivity index (χ1v) is 2.77. The van der Waals surface area contributed by atoms with Gasteiger partial charge in [-0.25, -0.2) is 0 Å². The van der Waals surface area contributed by atoms with Crippen molar-refractivity contribution in [3.63, 3.8) is 0 Å². The summed E-state index contributed by atoms with van der Waals surface area (Å²) < 4.78 is 4.55. The van der Waals surface area contributed by atoms with Crippen molar-refractivity contribution in [3.8, 4) is 0 Å². The van der Waals surface area contributed by atoms with Crippen LogP contribution in [0.1, 0.15) is 0 Å². The molecule has 0 bridgehead atoms. The van der Waals surface area contributed by atoms with Gasteiger partial charge in [0.15, 0.2) is 5.56 Å². The Morgan fingerprint density at radius 1 is 1.88 bits per heavy atom. The third kappa shape index (κ3) is 1.35. The molecular weight excluding hydrogens is 130 g/mol. The summed E-state index contributed by atoms with van der Waals surface area (Å²) in [7, 11) is 0. The van der Waals surface area contributed by atoms with Crippen molar-refractivity contribution in [1.29, 1.82) is 0 Å². The molecule has 0 aromatic heterocycles. The Kier molecular flexibility index (Phi) is 1.70. The number of alkyl halides is 1. The summed E-state index contributed by atoms with van der Waals surface area (Å²) in [6.45, 7) is 0.830. The van der Waals surface area contributed by atoms with Crippen LogP contribution in [-0.2, 0) is 9.53 Å². The Labute approximate surface area is 52.0 Å². The van der Waals surface area contributed by atoms with Crippen LogP contribution < -0.4 is 5.32 Å². The number of nitrogens with one attached hydrogen (secondary N) is 1. The molecular formula is C4H6ClNO2. The molecule has 46 valence electrons. The zero-order chi connectivity index (χ0) is 5.98. The van der Waals surface area contributed by atoms with E-state index in [2.05, 4.69) is 10.1 Å². The Bertz CT molecular complexity index is 106. The largest absolute Gasteiger partial charge is 0.444 e. The zero-order valence-electron chi connectivity index (χ0n) is 4.19. The number of esters is 1. The van der Waals surface area contributed by atoms with Crippen LogP contribution in [0.2, 0.25) is 0 Å². The van der Waals surface area contributed by atoms with Crippen LogP contribution in [0.15, 0.2) is 0 Å². The van der Waals surface area contributed by atoms with Gasteiger partial charge in [0.2, 0.25) is 0 Å². The van der Waals surface area contributed by atoms with Gasteiger partial charge < -0.3 is 10.1 Å². The van der Waals surface area contributed by atoms with Crippen molar-refractivity contribution < 1.29 is 9.53 Å². The van der Waals surface area contributed by atoms with Crippen LogP contribution in [0, 0.1) is 0 Å². The van der Waals surface area contributed by atoms with Gasteiger partial charge in [-0.15, -0.1) is 0 Å². The van der Waals surface area contributed by atoms with Crippen LogP contribution in [0.25, 0.3) is 0 Å². The van der Waals surface area contributed by atoms with E-state index in [1.807, 2.05) is 0 Å². The fourth-order valence-corrected chi connectivity index (χ4v) is 0.722. The molecule has 0 radical (unpaired) electrons. The highest BCUT2D eigenvalue weighted by molar-refractivity contribution is 6.20. The highest BCUT2D eigenvalue weighted by Crippen LogP contribution is 1.99. The minimum absolute atomic E-state index is 0.281. The van der Waals surface area contributed by atoms with Gasteiger partial charge in [-0.3, -0.25) is 4.79 Å². The summed E-state index contributed by atoms with van der Waals surface area (Å²) in [4.78, 5) is 10.3. The molecule has 1 aliphatic rings. The first-order valence-electron chi connectivity index (χ1n) is 2.33. The van der Waals surface area contributed by atoms with E-state index >= 15 is 0 Å². The number of cyclic esters (lactones) is 1. The third-order valence-electron chi connectivity index (χ3n) is 0.833. The minimum atomic E-state index is -0.476. The molecule has 1 N–H and O–H groups in total. The smallest absolute Gasteiger partial charge is 0.321 e. The molecule has 0 spiro atoms. The molecule has 0 saturated carbocycles. The normalized spacial score (nSPS) is 29.6. The van der Waals surface area contributed by atoms with Crippen LogP contribution in [0.5, 0.6) is 0 Å². The maximum atomic E-state index is 10.3. The third-order valence-corrected chi connectivity index (χ3v) is 1.08. The van der Waals surface area contributed by atoms with E-state index in [9.17, 15) is 4.79 Å². The van der Waals surface area contributed by atoms with E-state index < -0.39 is 5.56 Å². The molecule has 3 nitrogen and oxygen atoms in total. The molecule has 1 heterocycles. The van der Waals surface area contributed by atoms with Crippen molar-refractivity contribution in [2.75, 3.05) is 13.1 Å². The Hall–Kier alpha value is -0.280. The molecule has 0 aromatic rings. The molecule has 0 unspecified atom stereocenters. The van der Waals surface area contributed by atoms with Gasteiger partial charge >= 0.3 is 5.97 Å². The summed E-state index contributed by atoms with van der Waals surface area (Å²) in [5.41, 5.74) is -0.476. The second-order valence-corrected chi connectivity index (χ2v) is 2.02. The molecule has 0 aliphatic carbocycles. The number of hydrogen-bond acceptors (Lipinski definition) is 3. The van der Waals surface area contributed by atoms with Crippen LogP contribution in [-0.4, -0.2) is 24.6 Å². The zero-order valence-corrected chi connectivity index (χ0v) is 4.94. The van der Waals surface area contributed by atoms with E-state index in [0.29, 0.717) is 6.54 Å². The van der Waals surface area contributed by atoms with Crippen LogP contribution in [0.4, 0.5) is 0 Å². The second-order valence-electron chi connectivity index (χ2n) is 1.53. The predicted molar refractivity (Wildman–Crippen MR) is 28.6 cm³/mol. The predicted octanol–water partition coefficient (Wildman–Crippen LogP) is -0.302. The molecule has 4 heteroatoms. The fraction of sp³-hybridized carbons (Fsp3) is 0.750. The fourth-order valence-electron chi connectivity index (χ4n) is 0.514. The molecule has 1 rings (SSSR count). The molecule has 1 fully saturated rings. The molecule has 8 heavy (non-hydrogen) atoms. The number of rotatable bonds is 0. The number of halogens is 1. The summed E-state index contributed by atoms with van der Waals surface area (Å²) in [5.74, 6) is -0.281. The maximum Gasteiger partial charge on any atom is 0.321 e. The first kappa shape index (κ1) is 5.85. The molecule has 1 saturated heterocycles. The highest BCUT2D eigenvalue weighted by atomic mass is 35.5. The monoisotopic (exact) mass is 135 g/mol. The van der Waals surface area contributed by atoms with Crippen LogP contribution in [0.3, 0.4) is 0 Å². The lowest BCUT2D eigenvalue weighted by Gasteiger charge is -2.16. The highest BCUT2D eigenvalue weighted by Gasteiger charge is 2.15. The van der Waals surface area contributed by atoms with Crippen molar-refractivity contribution in [3.05, 3.63) is 0 Å². The number of ether oxygens (including phenoxy) is 1. The number of carbonyl (C=O) groups is 1. The van der Waals surface area contributed by atoms with E-state index in [-0.39, 0.29) is 12.5 Å². The van der Waals surface area contributed by atoms with Gasteiger partial charge in [-0.2, -0.15) is 0 Å². The summed E-state index contributed by atoms with van der Waals surface area (Å²) in [5, 5.41) is 2.78. The lowest BCUT2D eigenvalue weighted by atomic mass is 10.5. The molecule has 0 amide bonds. The molecule has 1 atom stereocenters. The Morgan fingerprint density at radius 3 is 3.00 bits per heavy atom. The SMILES string of the molecule is O=C1CNC[C@@H](Cl)O1. The standard InChI is InChI=1S/C4H6ClNO2/c5-3-1-6-2-4(7)8-3/h3,6H,1-2H2/t3-/m0/s1. The van der Waals surface area contributed by atoms with Gasteiger partial charge in [0.1, 0.15) is 0 Å². The van der Waals surface area contributed by atoms with Gasteiger partial charge in [0.05, 0.1) is 6.54 Å². The number of hydrogen-bond donors (Lipinski definition) is 1. The van der Waals surface area contributed by atoms with Crippen LogP contribution >= 0.6 is 11.6 Å². The average molecular weight is 136 g/mol. The first-order chi connectivity index (χ1) is 3.79. The van der Waals surface area contributed by atoms with Gasteiger partial charge in [0, 0.05) is 6.54 Å². The van der Waals surface area contributed by atoms with E-state index in [4.69, 9.17) is 11.6 Å². The van der Waals surface area contributed by atoms with Gasteiger partial charge in [0.25, 0.3) is 0 Å². The van der Waals surface area contributed by atoms with Gasteiger partial charge in [-0.1, -0.05) is 11.6 Å². The van der Waals surface area contributed by atoms with E-state index in [1.165, 1.54) is 0 Å². The van der Waals surface area contributed by atoms with E-state index in [0.717, 1.165) is 0 Å². The number of morpholine rings is 1. The number of carbonyl (C=O) groups excluding carboxylic acids is 1. The minimum Gasteiger partial charge on any atom is -0.444 e. The molecule has 0 aromatic carbocycles. The lowest BCUT2D eigenvalue weighted by molar-refractivity contribution is -0.147. The Balaban J connectivity index is 2.34. The topological polar surface area (TPSA) is 38.3 Å². The van der Waals surface area contributed by atoms with Gasteiger partial charge in [-0.05, 0) is 0 Å².